The lowest BCUT2D eigenvalue weighted by atomic mass is 10.2. The van der Waals surface area contributed by atoms with Crippen LogP contribution >= 0.6 is 11.6 Å². The van der Waals surface area contributed by atoms with E-state index in [1.807, 2.05) is 0 Å². The van der Waals surface area contributed by atoms with Gasteiger partial charge in [0.2, 0.25) is 0 Å². The molecule has 0 heterocycles. The Hall–Kier alpha value is -1.10. The Labute approximate surface area is 95.9 Å². The Morgan fingerprint density at radius 3 is 2.38 bits per heavy atom. The summed E-state index contributed by atoms with van der Waals surface area (Å²) in [6.45, 7) is 2.08. The van der Waals surface area contributed by atoms with Crippen molar-refractivity contribution in [3.63, 3.8) is 0 Å². The Morgan fingerprint density at radius 2 is 1.88 bits per heavy atom. The summed E-state index contributed by atoms with van der Waals surface area (Å²) in [4.78, 5) is 0. The van der Waals surface area contributed by atoms with Gasteiger partial charge in [0.15, 0.2) is 0 Å². The van der Waals surface area contributed by atoms with Gasteiger partial charge >= 0.3 is 6.36 Å². The van der Waals surface area contributed by atoms with Crippen LogP contribution in [0.15, 0.2) is 18.2 Å². The van der Waals surface area contributed by atoms with Gasteiger partial charge in [-0.2, -0.15) is 0 Å². The highest BCUT2D eigenvalue weighted by Crippen LogP contribution is 2.33. The van der Waals surface area contributed by atoms with E-state index in [0.29, 0.717) is 12.4 Å². The van der Waals surface area contributed by atoms with Gasteiger partial charge in [0.1, 0.15) is 11.5 Å². The van der Waals surface area contributed by atoms with E-state index in [0.717, 1.165) is 0 Å². The predicted molar refractivity (Wildman–Crippen MR) is 53.9 cm³/mol. The normalized spacial score (nSPS) is 11.3. The van der Waals surface area contributed by atoms with E-state index < -0.39 is 6.36 Å². The maximum Gasteiger partial charge on any atom is 0.573 e. The van der Waals surface area contributed by atoms with Gasteiger partial charge in [-0.3, -0.25) is 0 Å². The van der Waals surface area contributed by atoms with Crippen LogP contribution in [-0.2, 0) is 5.88 Å². The van der Waals surface area contributed by atoms with Gasteiger partial charge in [-0.1, -0.05) is 6.07 Å². The topological polar surface area (TPSA) is 18.5 Å². The summed E-state index contributed by atoms with van der Waals surface area (Å²) in [6.07, 6.45) is -4.73. The fourth-order valence-electron chi connectivity index (χ4n) is 1.19. The highest BCUT2D eigenvalue weighted by Gasteiger charge is 2.32. The van der Waals surface area contributed by atoms with Crippen molar-refractivity contribution in [1.82, 2.24) is 0 Å². The van der Waals surface area contributed by atoms with Gasteiger partial charge in [0.05, 0.1) is 18.1 Å². The molecule has 0 fully saturated rings. The number of hydrogen-bond donors (Lipinski definition) is 0. The number of ether oxygens (including phenoxy) is 2. The third kappa shape index (κ3) is 3.48. The van der Waals surface area contributed by atoms with Crippen LogP contribution in [0.1, 0.15) is 12.5 Å². The molecule has 0 radical (unpaired) electrons. The van der Waals surface area contributed by atoms with Crippen molar-refractivity contribution >= 4 is 11.6 Å². The molecule has 1 rings (SSSR count). The fraction of sp³-hybridized carbons (Fsp3) is 0.400. The lowest BCUT2D eigenvalue weighted by Crippen LogP contribution is -2.18. The van der Waals surface area contributed by atoms with Crippen molar-refractivity contribution in [1.29, 1.82) is 0 Å². The second kappa shape index (κ2) is 5.30. The van der Waals surface area contributed by atoms with Crippen molar-refractivity contribution in [2.24, 2.45) is 0 Å². The first kappa shape index (κ1) is 13.0. The maximum atomic E-state index is 12.1. The van der Waals surface area contributed by atoms with E-state index in [2.05, 4.69) is 4.74 Å². The van der Waals surface area contributed by atoms with Crippen molar-refractivity contribution in [3.8, 4) is 11.5 Å². The molecule has 2 nitrogen and oxygen atoms in total. The highest BCUT2D eigenvalue weighted by atomic mass is 35.5. The molecule has 0 atom stereocenters. The summed E-state index contributed by atoms with van der Waals surface area (Å²) in [5.41, 5.74) is 0.198. The first-order valence-electron chi connectivity index (χ1n) is 4.54. The van der Waals surface area contributed by atoms with Crippen LogP contribution in [-0.4, -0.2) is 13.0 Å². The van der Waals surface area contributed by atoms with Gasteiger partial charge < -0.3 is 9.47 Å². The minimum Gasteiger partial charge on any atom is -0.493 e. The zero-order chi connectivity index (χ0) is 12.2. The van der Waals surface area contributed by atoms with Crippen LogP contribution in [0.2, 0.25) is 0 Å². The molecule has 0 amide bonds. The predicted octanol–water partition coefficient (Wildman–Crippen LogP) is 3.72. The van der Waals surface area contributed by atoms with E-state index in [-0.39, 0.29) is 17.2 Å². The van der Waals surface area contributed by atoms with Gasteiger partial charge in [-0.05, 0) is 19.1 Å². The van der Waals surface area contributed by atoms with Gasteiger partial charge in [0, 0.05) is 0 Å². The summed E-state index contributed by atoms with van der Waals surface area (Å²) in [5, 5.41) is 0. The van der Waals surface area contributed by atoms with E-state index in [1.165, 1.54) is 12.1 Å². The van der Waals surface area contributed by atoms with Crippen LogP contribution < -0.4 is 9.47 Å². The van der Waals surface area contributed by atoms with Crippen LogP contribution in [0, 0.1) is 0 Å². The zero-order valence-corrected chi connectivity index (χ0v) is 9.23. The SMILES string of the molecule is CCOc1cccc(OC(F)(F)F)c1CCl. The number of rotatable bonds is 4. The highest BCUT2D eigenvalue weighted by molar-refractivity contribution is 6.17. The first-order chi connectivity index (χ1) is 7.48. The minimum absolute atomic E-state index is 0.110. The molecule has 0 unspecified atom stereocenters. The van der Waals surface area contributed by atoms with E-state index >= 15 is 0 Å². The average Bonchev–Trinajstić information content (AvgIpc) is 2.16. The quantitative estimate of drug-likeness (QED) is 0.763. The van der Waals surface area contributed by atoms with Crippen LogP contribution in [0.4, 0.5) is 13.2 Å². The summed E-state index contributed by atoms with van der Waals surface area (Å²) in [6, 6.07) is 4.17. The largest absolute Gasteiger partial charge is 0.573 e. The fourth-order valence-corrected chi connectivity index (χ4v) is 1.45. The molecule has 0 aliphatic rings. The monoisotopic (exact) mass is 254 g/mol. The Bertz CT molecular complexity index is 352. The molecule has 0 aliphatic carbocycles. The van der Waals surface area contributed by atoms with Crippen LogP contribution in [0.3, 0.4) is 0 Å². The smallest absolute Gasteiger partial charge is 0.493 e. The van der Waals surface area contributed by atoms with Crippen LogP contribution in [0.25, 0.3) is 0 Å². The van der Waals surface area contributed by atoms with Crippen molar-refractivity contribution in [2.75, 3.05) is 6.61 Å². The average molecular weight is 255 g/mol. The zero-order valence-electron chi connectivity index (χ0n) is 8.47. The molecule has 0 saturated heterocycles. The van der Waals surface area contributed by atoms with E-state index in [9.17, 15) is 13.2 Å². The van der Waals surface area contributed by atoms with Gasteiger partial charge in [0.25, 0.3) is 0 Å². The molecule has 16 heavy (non-hydrogen) atoms. The third-order valence-corrected chi connectivity index (χ3v) is 2.02. The van der Waals surface area contributed by atoms with Crippen molar-refractivity contribution in [3.05, 3.63) is 23.8 Å². The minimum atomic E-state index is -4.73. The molecule has 0 N–H and O–H groups in total. The molecular formula is C10H10ClF3O2. The molecule has 0 aromatic heterocycles. The molecular weight excluding hydrogens is 245 g/mol. The molecule has 1 aromatic carbocycles. The summed E-state index contributed by atoms with van der Waals surface area (Å²) < 4.78 is 45.2. The molecule has 1 aromatic rings. The van der Waals surface area contributed by atoms with Crippen molar-refractivity contribution in [2.45, 2.75) is 19.2 Å². The molecule has 0 aliphatic heterocycles. The maximum absolute atomic E-state index is 12.1. The number of alkyl halides is 4. The van der Waals surface area contributed by atoms with Gasteiger partial charge in [-0.25, -0.2) is 0 Å². The first-order valence-corrected chi connectivity index (χ1v) is 5.07. The number of hydrogen-bond acceptors (Lipinski definition) is 2. The van der Waals surface area contributed by atoms with E-state index in [4.69, 9.17) is 16.3 Å². The van der Waals surface area contributed by atoms with E-state index in [1.54, 1.807) is 13.0 Å². The molecule has 0 spiro atoms. The Kier molecular flexibility index (Phi) is 4.29. The Balaban J connectivity index is 3.04. The number of benzene rings is 1. The lowest BCUT2D eigenvalue weighted by Gasteiger charge is -2.15. The molecule has 0 bridgehead atoms. The van der Waals surface area contributed by atoms with Gasteiger partial charge in [-0.15, -0.1) is 24.8 Å². The van der Waals surface area contributed by atoms with Crippen LogP contribution in [0.5, 0.6) is 11.5 Å². The summed E-state index contributed by atoms with van der Waals surface area (Å²) in [7, 11) is 0. The second-order valence-electron chi connectivity index (χ2n) is 2.85. The lowest BCUT2D eigenvalue weighted by molar-refractivity contribution is -0.274. The molecule has 0 saturated carbocycles. The second-order valence-corrected chi connectivity index (χ2v) is 3.11. The number of halogens is 4. The Morgan fingerprint density at radius 1 is 1.25 bits per heavy atom. The molecule has 90 valence electrons. The summed E-state index contributed by atoms with van der Waals surface area (Å²) >= 11 is 5.57. The summed E-state index contributed by atoms with van der Waals surface area (Å²) in [5.74, 6) is -0.130. The van der Waals surface area contributed by atoms with Crippen molar-refractivity contribution < 1.29 is 22.6 Å². The standard InChI is InChI=1S/C10H10ClF3O2/c1-2-15-8-4-3-5-9(7(8)6-11)16-10(12,13)14/h3-5H,2,6H2,1H3. The molecule has 6 heteroatoms. The third-order valence-electron chi connectivity index (χ3n) is 1.75.